The maximum absolute atomic E-state index is 11.9. The van der Waals surface area contributed by atoms with E-state index in [0.29, 0.717) is 12.0 Å². The van der Waals surface area contributed by atoms with Crippen LogP contribution in [0.25, 0.3) is 0 Å². The Morgan fingerprint density at radius 1 is 1.15 bits per heavy atom. The van der Waals surface area contributed by atoms with Gasteiger partial charge < -0.3 is 0 Å². The number of allylic oxidation sites excluding steroid dienone is 6. The monoisotopic (exact) mass is 393 g/mol. The molecule has 0 fully saturated rings. The van der Waals surface area contributed by atoms with Crippen molar-refractivity contribution in [3.63, 3.8) is 0 Å². The SMILES string of the molecule is NNC(=O)c1ccc2c(c1)N=C(C1=C(Cl)CC=CC=C1)c1ccccc1S2. The van der Waals surface area contributed by atoms with Crippen LogP contribution in [-0.4, -0.2) is 11.6 Å². The zero-order chi connectivity index (χ0) is 18.8. The van der Waals surface area contributed by atoms with Crippen LogP contribution in [0.3, 0.4) is 0 Å². The van der Waals surface area contributed by atoms with Gasteiger partial charge in [0.15, 0.2) is 0 Å². The number of fused-ring (bicyclic) bond motifs is 2. The molecule has 0 bridgehead atoms. The number of hydrogen-bond acceptors (Lipinski definition) is 4. The number of nitrogens with one attached hydrogen (secondary N) is 1. The van der Waals surface area contributed by atoms with E-state index in [2.05, 4.69) is 11.5 Å². The van der Waals surface area contributed by atoms with E-state index in [1.807, 2.05) is 48.6 Å². The number of nitrogens with two attached hydrogens (primary N) is 1. The van der Waals surface area contributed by atoms with E-state index in [1.165, 1.54) is 0 Å². The van der Waals surface area contributed by atoms with Crippen LogP contribution in [0.15, 0.2) is 92.2 Å². The zero-order valence-electron chi connectivity index (χ0n) is 14.3. The first-order valence-electron chi connectivity index (χ1n) is 8.40. The molecule has 1 aliphatic carbocycles. The molecule has 1 heterocycles. The van der Waals surface area contributed by atoms with Crippen LogP contribution in [0.1, 0.15) is 22.3 Å². The Morgan fingerprint density at radius 3 is 2.85 bits per heavy atom. The summed E-state index contributed by atoms with van der Waals surface area (Å²) in [6.07, 6.45) is 8.59. The third-order valence-electron chi connectivity index (χ3n) is 4.30. The van der Waals surface area contributed by atoms with E-state index in [1.54, 1.807) is 23.9 Å². The van der Waals surface area contributed by atoms with Gasteiger partial charge in [0.2, 0.25) is 0 Å². The molecule has 0 unspecified atom stereocenters. The molecule has 0 saturated heterocycles. The highest BCUT2D eigenvalue weighted by molar-refractivity contribution is 7.99. The Morgan fingerprint density at radius 2 is 2.00 bits per heavy atom. The number of halogens is 1. The Bertz CT molecular complexity index is 1050. The minimum atomic E-state index is -0.350. The lowest BCUT2D eigenvalue weighted by Gasteiger charge is -2.11. The molecular weight excluding hydrogens is 378 g/mol. The van der Waals surface area contributed by atoms with Crippen molar-refractivity contribution in [3.05, 3.63) is 88.5 Å². The molecule has 0 aromatic heterocycles. The maximum Gasteiger partial charge on any atom is 0.265 e. The Balaban J connectivity index is 1.95. The molecule has 2 aliphatic rings. The summed E-state index contributed by atoms with van der Waals surface area (Å²) in [5.74, 6) is 4.93. The summed E-state index contributed by atoms with van der Waals surface area (Å²) in [6, 6.07) is 13.5. The summed E-state index contributed by atoms with van der Waals surface area (Å²) < 4.78 is 0. The van der Waals surface area contributed by atoms with E-state index in [0.717, 1.165) is 37.4 Å². The van der Waals surface area contributed by atoms with Crippen molar-refractivity contribution in [1.82, 2.24) is 5.43 Å². The second-order valence-electron chi connectivity index (χ2n) is 6.02. The summed E-state index contributed by atoms with van der Waals surface area (Å²) >= 11 is 8.20. The van der Waals surface area contributed by atoms with Crippen molar-refractivity contribution in [2.75, 3.05) is 0 Å². The molecule has 0 saturated carbocycles. The lowest BCUT2D eigenvalue weighted by Crippen LogP contribution is -2.29. The molecule has 2 aromatic rings. The predicted molar refractivity (Wildman–Crippen MR) is 111 cm³/mol. The molecule has 2 aromatic carbocycles. The molecule has 3 N–H and O–H groups in total. The van der Waals surface area contributed by atoms with E-state index in [4.69, 9.17) is 22.4 Å². The van der Waals surface area contributed by atoms with Crippen molar-refractivity contribution in [2.45, 2.75) is 16.2 Å². The van der Waals surface area contributed by atoms with Gasteiger partial charge in [-0.25, -0.2) is 10.8 Å². The maximum atomic E-state index is 11.9. The number of rotatable bonds is 2. The second kappa shape index (κ2) is 7.56. The number of hydrazine groups is 1. The molecule has 1 aliphatic heterocycles. The third-order valence-corrected chi connectivity index (χ3v) is 5.80. The van der Waals surface area contributed by atoms with Crippen LogP contribution >= 0.6 is 23.4 Å². The van der Waals surface area contributed by atoms with E-state index in [9.17, 15) is 4.79 Å². The second-order valence-corrected chi connectivity index (χ2v) is 7.56. The molecule has 0 radical (unpaired) electrons. The summed E-state index contributed by atoms with van der Waals surface area (Å²) in [4.78, 5) is 18.9. The summed E-state index contributed by atoms with van der Waals surface area (Å²) in [5, 5.41) is 0.734. The summed E-state index contributed by atoms with van der Waals surface area (Å²) in [6.45, 7) is 0. The average molecular weight is 394 g/mol. The van der Waals surface area contributed by atoms with Crippen LogP contribution < -0.4 is 11.3 Å². The highest BCUT2D eigenvalue weighted by atomic mass is 35.5. The number of amides is 1. The van der Waals surface area contributed by atoms with Crippen molar-refractivity contribution in [2.24, 2.45) is 10.8 Å². The van der Waals surface area contributed by atoms with Crippen LogP contribution in [0.5, 0.6) is 0 Å². The van der Waals surface area contributed by atoms with Crippen LogP contribution in [-0.2, 0) is 0 Å². The fourth-order valence-corrected chi connectivity index (χ4v) is 4.23. The van der Waals surface area contributed by atoms with Gasteiger partial charge in [0.25, 0.3) is 5.91 Å². The van der Waals surface area contributed by atoms with Crippen molar-refractivity contribution in [1.29, 1.82) is 0 Å². The minimum Gasteiger partial charge on any atom is -0.290 e. The Labute approximate surface area is 166 Å². The fourth-order valence-electron chi connectivity index (χ4n) is 2.98. The number of aliphatic imine (C=N–C) groups is 1. The largest absolute Gasteiger partial charge is 0.290 e. The van der Waals surface area contributed by atoms with Crippen molar-refractivity contribution >= 4 is 40.7 Å². The Kier molecular flexibility index (Phi) is 4.99. The van der Waals surface area contributed by atoms with Gasteiger partial charge in [0.05, 0.1) is 11.4 Å². The number of nitrogens with zero attached hydrogens (tertiary/aromatic N) is 1. The number of carbonyl (C=O) groups excluding carboxylic acids is 1. The molecule has 6 heteroatoms. The number of carbonyl (C=O) groups is 1. The zero-order valence-corrected chi connectivity index (χ0v) is 15.8. The molecule has 4 rings (SSSR count). The van der Waals surface area contributed by atoms with Gasteiger partial charge in [0, 0.05) is 37.9 Å². The highest BCUT2D eigenvalue weighted by Crippen LogP contribution is 2.42. The molecule has 1 amide bonds. The predicted octanol–water partition coefficient (Wildman–Crippen LogP) is 4.88. The van der Waals surface area contributed by atoms with E-state index >= 15 is 0 Å². The fraction of sp³-hybridized carbons (Fsp3) is 0.0476. The third kappa shape index (κ3) is 3.49. The normalized spacial score (nSPS) is 15.4. The van der Waals surface area contributed by atoms with Crippen LogP contribution in [0.4, 0.5) is 5.69 Å². The summed E-state index contributed by atoms with van der Waals surface area (Å²) in [5.41, 5.74) is 6.05. The summed E-state index contributed by atoms with van der Waals surface area (Å²) in [7, 11) is 0. The van der Waals surface area contributed by atoms with E-state index < -0.39 is 0 Å². The van der Waals surface area contributed by atoms with Gasteiger partial charge in [-0.1, -0.05) is 65.9 Å². The first-order valence-corrected chi connectivity index (χ1v) is 9.60. The molecule has 134 valence electrons. The highest BCUT2D eigenvalue weighted by Gasteiger charge is 2.21. The molecular formula is C21H16ClN3OS. The quantitative estimate of drug-likeness (QED) is 0.434. The van der Waals surface area contributed by atoms with Gasteiger partial charge in [-0.05, 0) is 24.3 Å². The van der Waals surface area contributed by atoms with Gasteiger partial charge >= 0.3 is 0 Å². The lowest BCUT2D eigenvalue weighted by atomic mass is 10.0. The smallest absolute Gasteiger partial charge is 0.265 e. The molecule has 0 spiro atoms. The van der Waals surface area contributed by atoms with Gasteiger partial charge in [-0.2, -0.15) is 0 Å². The first-order chi connectivity index (χ1) is 13.2. The van der Waals surface area contributed by atoms with Crippen LogP contribution in [0, 0.1) is 0 Å². The van der Waals surface area contributed by atoms with Gasteiger partial charge in [-0.15, -0.1) is 0 Å². The molecule has 27 heavy (non-hydrogen) atoms. The average Bonchev–Trinajstić information content (AvgIpc) is 3.00. The standard InChI is InChI=1S/C21H16ClN3OS/c22-16-8-3-1-2-6-14(16)20-15-7-4-5-9-18(15)27-19-11-10-13(21(26)25-23)12-17(19)24-20/h1-7,9-12H,8,23H2,(H,25,26). The Hall–Kier alpha value is -2.60. The molecule has 4 nitrogen and oxygen atoms in total. The van der Waals surface area contributed by atoms with Gasteiger partial charge in [-0.3, -0.25) is 10.2 Å². The van der Waals surface area contributed by atoms with Crippen LogP contribution in [0.2, 0.25) is 0 Å². The number of benzene rings is 2. The van der Waals surface area contributed by atoms with Crippen molar-refractivity contribution in [3.8, 4) is 0 Å². The topological polar surface area (TPSA) is 67.5 Å². The van der Waals surface area contributed by atoms with E-state index in [-0.39, 0.29) is 5.91 Å². The lowest BCUT2D eigenvalue weighted by molar-refractivity contribution is 0.0953. The minimum absolute atomic E-state index is 0.350. The van der Waals surface area contributed by atoms with Crippen molar-refractivity contribution < 1.29 is 4.79 Å². The first kappa shape index (κ1) is 17.8. The number of nitrogen functional groups attached to an aromatic ring is 1. The number of hydrogen-bond donors (Lipinski definition) is 2. The molecule has 0 atom stereocenters. The van der Waals surface area contributed by atoms with Gasteiger partial charge in [0.1, 0.15) is 0 Å².